The summed E-state index contributed by atoms with van der Waals surface area (Å²) < 4.78 is 0. The van der Waals surface area contributed by atoms with Crippen LogP contribution in [0.2, 0.25) is 0 Å². The summed E-state index contributed by atoms with van der Waals surface area (Å²) in [5.41, 5.74) is 1.39. The van der Waals surface area contributed by atoms with Crippen molar-refractivity contribution in [3.05, 3.63) is 34.9 Å². The van der Waals surface area contributed by atoms with Gasteiger partial charge in [0.05, 0.1) is 11.1 Å². The number of hydrogen-bond donors (Lipinski definition) is 1. The van der Waals surface area contributed by atoms with Crippen LogP contribution in [0.25, 0.3) is 0 Å². The molecule has 1 aromatic carbocycles. The van der Waals surface area contributed by atoms with Crippen molar-refractivity contribution in [2.24, 2.45) is 0 Å². The number of amides is 3. The Balaban J connectivity index is 0.00000205. The Hall–Kier alpha value is -1.92. The highest BCUT2D eigenvalue weighted by molar-refractivity contribution is 6.22. The maximum atomic E-state index is 13.3. The van der Waals surface area contributed by atoms with Gasteiger partial charge in [0.15, 0.2) is 0 Å². The predicted molar refractivity (Wildman–Crippen MR) is 112 cm³/mol. The van der Waals surface area contributed by atoms with E-state index in [2.05, 4.69) is 5.32 Å². The Kier molecular flexibility index (Phi) is 5.67. The Morgan fingerprint density at radius 1 is 0.862 bits per heavy atom. The summed E-state index contributed by atoms with van der Waals surface area (Å²) in [6.45, 7) is 1.78. The second-order valence-electron chi connectivity index (χ2n) is 8.62. The van der Waals surface area contributed by atoms with Gasteiger partial charge < -0.3 is 10.2 Å². The van der Waals surface area contributed by atoms with Gasteiger partial charge in [-0.1, -0.05) is 19.3 Å². The first-order valence-electron chi connectivity index (χ1n) is 10.7. The Morgan fingerprint density at radius 3 is 2.38 bits per heavy atom. The highest BCUT2D eigenvalue weighted by Crippen LogP contribution is 2.33. The van der Waals surface area contributed by atoms with Crippen molar-refractivity contribution in [3.8, 4) is 0 Å². The summed E-state index contributed by atoms with van der Waals surface area (Å²) in [5.74, 6) is -0.414. The molecule has 2 bridgehead atoms. The van der Waals surface area contributed by atoms with E-state index in [-0.39, 0.29) is 48.3 Å². The predicted octanol–water partition coefficient (Wildman–Crippen LogP) is 3.00. The largest absolute Gasteiger partial charge is 0.331 e. The van der Waals surface area contributed by atoms with Crippen LogP contribution in [0.3, 0.4) is 0 Å². The third kappa shape index (κ3) is 3.36. The summed E-state index contributed by atoms with van der Waals surface area (Å²) >= 11 is 0. The van der Waals surface area contributed by atoms with E-state index < -0.39 is 0 Å². The third-order valence-corrected chi connectivity index (χ3v) is 6.99. The number of carbonyl (C=O) groups excluding carboxylic acids is 3. The van der Waals surface area contributed by atoms with E-state index in [1.54, 1.807) is 18.2 Å². The van der Waals surface area contributed by atoms with E-state index in [0.29, 0.717) is 16.7 Å². The number of hydrogen-bond acceptors (Lipinski definition) is 4. The molecule has 1 aromatic rings. The van der Waals surface area contributed by atoms with E-state index in [9.17, 15) is 14.4 Å². The first-order valence-corrected chi connectivity index (χ1v) is 10.7. The van der Waals surface area contributed by atoms with Crippen LogP contribution in [0.15, 0.2) is 18.2 Å². The molecule has 6 nitrogen and oxygen atoms in total. The van der Waals surface area contributed by atoms with Crippen molar-refractivity contribution in [1.82, 2.24) is 15.1 Å². The molecule has 7 heteroatoms. The minimum absolute atomic E-state index is 0. The van der Waals surface area contributed by atoms with E-state index in [1.807, 2.05) is 4.90 Å². The van der Waals surface area contributed by atoms with Gasteiger partial charge in [0.2, 0.25) is 0 Å². The molecule has 29 heavy (non-hydrogen) atoms. The fraction of sp³-hybridized carbons (Fsp3) is 0.591. The molecule has 4 aliphatic rings. The van der Waals surface area contributed by atoms with Crippen molar-refractivity contribution in [3.63, 3.8) is 0 Å². The van der Waals surface area contributed by atoms with Gasteiger partial charge in [0.1, 0.15) is 0 Å². The number of rotatable bonds is 2. The number of nitrogens with one attached hydrogen (secondary N) is 1. The van der Waals surface area contributed by atoms with Crippen LogP contribution < -0.4 is 5.32 Å². The van der Waals surface area contributed by atoms with Crippen LogP contribution in [0.4, 0.5) is 0 Å². The molecule has 3 aliphatic heterocycles. The molecular formula is C22H28ClN3O3. The molecule has 3 fully saturated rings. The maximum absolute atomic E-state index is 13.3. The Bertz CT molecular complexity index is 823. The fourth-order valence-electron chi connectivity index (χ4n) is 5.53. The van der Waals surface area contributed by atoms with Crippen LogP contribution in [0.5, 0.6) is 0 Å². The second kappa shape index (κ2) is 8.07. The number of carbonyl (C=O) groups is 3. The summed E-state index contributed by atoms with van der Waals surface area (Å²) in [6, 6.07) is 5.59. The number of nitrogens with zero attached hydrogens (tertiary/aromatic N) is 2. The molecule has 2 atom stereocenters. The summed E-state index contributed by atoms with van der Waals surface area (Å²) in [7, 11) is 0. The Labute approximate surface area is 177 Å². The van der Waals surface area contributed by atoms with Gasteiger partial charge in [-0.05, 0) is 56.8 Å². The van der Waals surface area contributed by atoms with Crippen molar-refractivity contribution < 1.29 is 14.4 Å². The molecule has 1 aliphatic carbocycles. The number of fused-ring (bicyclic) bond motifs is 3. The van der Waals surface area contributed by atoms with Gasteiger partial charge in [-0.25, -0.2) is 0 Å². The van der Waals surface area contributed by atoms with Crippen LogP contribution in [0.1, 0.15) is 82.4 Å². The number of benzene rings is 1. The molecule has 0 spiro atoms. The molecule has 2 saturated heterocycles. The lowest BCUT2D eigenvalue weighted by molar-refractivity contribution is 0.0548. The Morgan fingerprint density at radius 2 is 1.59 bits per heavy atom. The van der Waals surface area contributed by atoms with Crippen LogP contribution >= 0.6 is 12.4 Å². The molecule has 0 aromatic heterocycles. The molecule has 1 N–H and O–H groups in total. The van der Waals surface area contributed by atoms with Crippen molar-refractivity contribution in [2.45, 2.75) is 69.5 Å². The monoisotopic (exact) mass is 417 g/mol. The van der Waals surface area contributed by atoms with Crippen molar-refractivity contribution in [2.75, 3.05) is 13.1 Å². The van der Waals surface area contributed by atoms with Gasteiger partial charge in [0, 0.05) is 30.2 Å². The molecular weight excluding hydrogens is 390 g/mol. The van der Waals surface area contributed by atoms with Crippen LogP contribution in [0, 0.1) is 0 Å². The van der Waals surface area contributed by atoms with E-state index in [0.717, 1.165) is 58.0 Å². The first kappa shape index (κ1) is 20.4. The van der Waals surface area contributed by atoms with Crippen molar-refractivity contribution in [1.29, 1.82) is 0 Å². The highest BCUT2D eigenvalue weighted by atomic mass is 35.5. The smallest absolute Gasteiger partial charge is 0.261 e. The zero-order valence-corrected chi connectivity index (χ0v) is 17.4. The third-order valence-electron chi connectivity index (χ3n) is 6.99. The maximum Gasteiger partial charge on any atom is 0.261 e. The summed E-state index contributed by atoms with van der Waals surface area (Å²) in [6.07, 6.45) is 8.13. The van der Waals surface area contributed by atoms with Gasteiger partial charge in [-0.2, -0.15) is 0 Å². The summed E-state index contributed by atoms with van der Waals surface area (Å²) in [5, 5.41) is 3.41. The molecule has 3 heterocycles. The van der Waals surface area contributed by atoms with Crippen LogP contribution in [-0.2, 0) is 0 Å². The lowest BCUT2D eigenvalue weighted by Crippen LogP contribution is -2.42. The SMILES string of the molecule is Cl.O=C1c2ccc(C(=O)N3C4CCNCC3CC4)cc2C(=O)N1C1CCCCC1. The lowest BCUT2D eigenvalue weighted by atomic mass is 9.94. The second-order valence-corrected chi connectivity index (χ2v) is 8.62. The first-order chi connectivity index (χ1) is 13.6. The van der Waals surface area contributed by atoms with Gasteiger partial charge >= 0.3 is 0 Å². The van der Waals surface area contributed by atoms with Gasteiger partial charge in [0.25, 0.3) is 17.7 Å². The lowest BCUT2D eigenvalue weighted by Gasteiger charge is -2.29. The molecule has 156 valence electrons. The molecule has 5 rings (SSSR count). The molecule has 2 unspecified atom stereocenters. The number of imide groups is 1. The normalized spacial score (nSPS) is 26.9. The quantitative estimate of drug-likeness (QED) is 0.751. The molecule has 0 radical (unpaired) electrons. The van der Waals surface area contributed by atoms with E-state index in [4.69, 9.17) is 0 Å². The van der Waals surface area contributed by atoms with E-state index in [1.165, 1.54) is 11.3 Å². The fourth-order valence-corrected chi connectivity index (χ4v) is 5.53. The van der Waals surface area contributed by atoms with Gasteiger partial charge in [-0.3, -0.25) is 19.3 Å². The minimum Gasteiger partial charge on any atom is -0.331 e. The molecule has 1 saturated carbocycles. The zero-order valence-electron chi connectivity index (χ0n) is 16.6. The van der Waals surface area contributed by atoms with Crippen LogP contribution in [-0.4, -0.2) is 58.7 Å². The standard InChI is InChI=1S/C22H27N3O3.ClH/c26-20(24-16-7-8-17(24)13-23-11-10-16)14-6-9-18-19(12-14)22(28)25(21(18)27)15-4-2-1-3-5-15;/h6,9,12,15-17,23H,1-5,7-8,10-11,13H2;1H. The average molecular weight is 418 g/mol. The van der Waals surface area contributed by atoms with Crippen molar-refractivity contribution >= 4 is 30.1 Å². The highest BCUT2D eigenvalue weighted by Gasteiger charge is 2.42. The average Bonchev–Trinajstić information content (AvgIpc) is 3.13. The van der Waals surface area contributed by atoms with Gasteiger partial charge in [-0.15, -0.1) is 12.4 Å². The number of halogens is 1. The van der Waals surface area contributed by atoms with E-state index >= 15 is 0 Å². The zero-order chi connectivity index (χ0) is 19.3. The summed E-state index contributed by atoms with van der Waals surface area (Å²) in [4.78, 5) is 42.6. The topological polar surface area (TPSA) is 69.7 Å². The molecule has 3 amide bonds. The minimum atomic E-state index is -0.220.